The van der Waals surface area contributed by atoms with Gasteiger partial charge in [0.25, 0.3) is 0 Å². The Kier molecular flexibility index (Phi) is 4.15. The SMILES string of the molecule is CC(C)NC(=S)N1CCC(c2cc3ccccc3[nH]2)CC1. The maximum Gasteiger partial charge on any atom is 0.169 e. The zero-order valence-electron chi connectivity index (χ0n) is 12.7. The average Bonchev–Trinajstić information content (AvgIpc) is 2.90. The fourth-order valence-electron chi connectivity index (χ4n) is 3.05. The van der Waals surface area contributed by atoms with Gasteiger partial charge in [-0.3, -0.25) is 0 Å². The molecule has 0 bridgehead atoms. The van der Waals surface area contributed by atoms with E-state index >= 15 is 0 Å². The monoisotopic (exact) mass is 301 g/mol. The Bertz CT molecular complexity index is 591. The topological polar surface area (TPSA) is 31.1 Å². The summed E-state index contributed by atoms with van der Waals surface area (Å²) in [6, 6.07) is 11.2. The van der Waals surface area contributed by atoms with Crippen molar-refractivity contribution < 1.29 is 0 Å². The van der Waals surface area contributed by atoms with Crippen LogP contribution in [0.4, 0.5) is 0 Å². The van der Waals surface area contributed by atoms with Crippen LogP contribution in [0.1, 0.15) is 38.3 Å². The first-order valence-corrected chi connectivity index (χ1v) is 8.17. The molecule has 0 aliphatic carbocycles. The number of hydrogen-bond donors (Lipinski definition) is 2. The lowest BCUT2D eigenvalue weighted by atomic mass is 9.94. The third kappa shape index (κ3) is 3.21. The Morgan fingerprint density at radius 3 is 2.67 bits per heavy atom. The smallest absolute Gasteiger partial charge is 0.169 e. The van der Waals surface area contributed by atoms with Gasteiger partial charge in [0.05, 0.1) is 0 Å². The van der Waals surface area contributed by atoms with Crippen LogP contribution in [0.5, 0.6) is 0 Å². The average molecular weight is 301 g/mol. The second-order valence-electron chi connectivity index (χ2n) is 6.18. The normalized spacial score (nSPS) is 16.6. The van der Waals surface area contributed by atoms with Crippen molar-refractivity contribution in [3.05, 3.63) is 36.0 Å². The summed E-state index contributed by atoms with van der Waals surface area (Å²) in [5.41, 5.74) is 2.62. The van der Waals surface area contributed by atoms with Gasteiger partial charge in [0.15, 0.2) is 5.11 Å². The quantitative estimate of drug-likeness (QED) is 0.831. The minimum Gasteiger partial charge on any atom is -0.360 e. The Hall–Kier alpha value is -1.55. The van der Waals surface area contributed by atoms with Crippen molar-refractivity contribution in [2.45, 2.75) is 38.6 Å². The van der Waals surface area contributed by atoms with E-state index in [-0.39, 0.29) is 0 Å². The summed E-state index contributed by atoms with van der Waals surface area (Å²) in [4.78, 5) is 5.87. The predicted molar refractivity (Wildman–Crippen MR) is 92.7 cm³/mol. The zero-order valence-corrected chi connectivity index (χ0v) is 13.5. The zero-order chi connectivity index (χ0) is 14.8. The highest BCUT2D eigenvalue weighted by Crippen LogP contribution is 2.29. The number of rotatable bonds is 2. The number of hydrogen-bond acceptors (Lipinski definition) is 1. The molecule has 0 radical (unpaired) electrons. The lowest BCUT2D eigenvalue weighted by Crippen LogP contribution is -2.46. The Balaban J connectivity index is 1.64. The number of likely N-dealkylation sites (tertiary alicyclic amines) is 1. The maximum atomic E-state index is 5.46. The molecule has 0 amide bonds. The molecule has 1 aliphatic rings. The molecule has 112 valence electrons. The molecule has 1 saturated heterocycles. The van der Waals surface area contributed by atoms with Crippen LogP contribution in [-0.4, -0.2) is 34.1 Å². The van der Waals surface area contributed by atoms with Gasteiger partial charge in [0.1, 0.15) is 0 Å². The van der Waals surface area contributed by atoms with E-state index in [0.717, 1.165) is 31.0 Å². The van der Waals surface area contributed by atoms with Crippen molar-refractivity contribution >= 4 is 28.2 Å². The van der Waals surface area contributed by atoms with E-state index in [0.29, 0.717) is 12.0 Å². The third-order valence-electron chi connectivity index (χ3n) is 4.18. The van der Waals surface area contributed by atoms with Crippen LogP contribution in [0.3, 0.4) is 0 Å². The second-order valence-corrected chi connectivity index (χ2v) is 6.56. The highest BCUT2D eigenvalue weighted by Gasteiger charge is 2.23. The Morgan fingerprint density at radius 1 is 1.29 bits per heavy atom. The molecule has 21 heavy (non-hydrogen) atoms. The number of fused-ring (bicyclic) bond motifs is 1. The lowest BCUT2D eigenvalue weighted by molar-refractivity contribution is 0.306. The molecule has 1 aliphatic heterocycles. The van der Waals surface area contributed by atoms with Gasteiger partial charge in [-0.05, 0) is 56.4 Å². The van der Waals surface area contributed by atoms with E-state index in [1.807, 2.05) is 0 Å². The van der Waals surface area contributed by atoms with E-state index in [2.05, 4.69) is 59.4 Å². The van der Waals surface area contributed by atoms with Crippen LogP contribution in [0.25, 0.3) is 10.9 Å². The molecule has 2 N–H and O–H groups in total. The van der Waals surface area contributed by atoms with Gasteiger partial charge >= 0.3 is 0 Å². The summed E-state index contributed by atoms with van der Waals surface area (Å²) < 4.78 is 0. The molecule has 1 fully saturated rings. The number of nitrogens with zero attached hydrogens (tertiary/aromatic N) is 1. The predicted octanol–water partition coefficient (Wildman–Crippen LogP) is 3.63. The van der Waals surface area contributed by atoms with Gasteiger partial charge in [0.2, 0.25) is 0 Å². The van der Waals surface area contributed by atoms with Crippen molar-refractivity contribution in [1.29, 1.82) is 0 Å². The van der Waals surface area contributed by atoms with Crippen LogP contribution in [-0.2, 0) is 0 Å². The minimum absolute atomic E-state index is 0.406. The summed E-state index contributed by atoms with van der Waals surface area (Å²) in [5.74, 6) is 0.621. The third-order valence-corrected chi connectivity index (χ3v) is 4.56. The van der Waals surface area contributed by atoms with Gasteiger partial charge in [0, 0.05) is 36.3 Å². The molecule has 4 heteroatoms. The summed E-state index contributed by atoms with van der Waals surface area (Å²) in [6.07, 6.45) is 2.32. The second kappa shape index (κ2) is 6.06. The molecule has 0 saturated carbocycles. The van der Waals surface area contributed by atoms with E-state index in [4.69, 9.17) is 12.2 Å². The van der Waals surface area contributed by atoms with Gasteiger partial charge in [-0.25, -0.2) is 0 Å². The van der Waals surface area contributed by atoms with Crippen molar-refractivity contribution in [3.63, 3.8) is 0 Å². The van der Waals surface area contributed by atoms with Crippen molar-refractivity contribution in [1.82, 2.24) is 15.2 Å². The van der Waals surface area contributed by atoms with Gasteiger partial charge < -0.3 is 15.2 Å². The molecule has 1 aromatic heterocycles. The molecule has 3 rings (SSSR count). The number of aromatic nitrogens is 1. The molecule has 0 atom stereocenters. The molecule has 2 heterocycles. The summed E-state index contributed by atoms with van der Waals surface area (Å²) in [5, 5.41) is 5.55. The van der Waals surface area contributed by atoms with Crippen LogP contribution in [0, 0.1) is 0 Å². The first-order chi connectivity index (χ1) is 10.1. The number of thiocarbonyl (C=S) groups is 1. The lowest BCUT2D eigenvalue weighted by Gasteiger charge is -2.34. The fourth-order valence-corrected chi connectivity index (χ4v) is 3.47. The van der Waals surface area contributed by atoms with Crippen molar-refractivity contribution in [3.8, 4) is 0 Å². The van der Waals surface area contributed by atoms with Crippen LogP contribution in [0.2, 0.25) is 0 Å². The molecule has 0 spiro atoms. The standard InChI is InChI=1S/C17H23N3S/c1-12(2)18-17(21)20-9-7-13(8-10-20)16-11-14-5-3-4-6-15(14)19-16/h3-6,11-13,19H,7-10H2,1-2H3,(H,18,21). The van der Waals surface area contributed by atoms with E-state index < -0.39 is 0 Å². The maximum absolute atomic E-state index is 5.46. The largest absolute Gasteiger partial charge is 0.360 e. The van der Waals surface area contributed by atoms with Crippen molar-refractivity contribution in [2.24, 2.45) is 0 Å². The Labute approximate surface area is 131 Å². The molecule has 0 unspecified atom stereocenters. The fraction of sp³-hybridized carbons (Fsp3) is 0.471. The van der Waals surface area contributed by atoms with E-state index in [1.165, 1.54) is 16.6 Å². The van der Waals surface area contributed by atoms with Crippen LogP contribution in [0.15, 0.2) is 30.3 Å². The number of nitrogens with one attached hydrogen (secondary N) is 2. The first-order valence-electron chi connectivity index (χ1n) is 7.76. The summed E-state index contributed by atoms with van der Waals surface area (Å²) in [6.45, 7) is 6.34. The highest BCUT2D eigenvalue weighted by atomic mass is 32.1. The van der Waals surface area contributed by atoms with Crippen LogP contribution >= 0.6 is 12.2 Å². The van der Waals surface area contributed by atoms with Crippen LogP contribution < -0.4 is 5.32 Å². The van der Waals surface area contributed by atoms with Crippen molar-refractivity contribution in [2.75, 3.05) is 13.1 Å². The number of H-pyrrole nitrogens is 1. The molecule has 2 aromatic rings. The van der Waals surface area contributed by atoms with Gasteiger partial charge in [-0.1, -0.05) is 18.2 Å². The molecular weight excluding hydrogens is 278 g/mol. The number of benzene rings is 1. The molecule has 3 nitrogen and oxygen atoms in total. The Morgan fingerprint density at radius 2 is 2.00 bits per heavy atom. The molecular formula is C17H23N3S. The first kappa shape index (κ1) is 14.4. The number of para-hydroxylation sites is 1. The minimum atomic E-state index is 0.406. The summed E-state index contributed by atoms with van der Waals surface area (Å²) in [7, 11) is 0. The van der Waals surface area contributed by atoms with Gasteiger partial charge in [-0.2, -0.15) is 0 Å². The van der Waals surface area contributed by atoms with E-state index in [9.17, 15) is 0 Å². The van der Waals surface area contributed by atoms with E-state index in [1.54, 1.807) is 0 Å². The summed E-state index contributed by atoms with van der Waals surface area (Å²) >= 11 is 5.46. The molecule has 1 aromatic carbocycles. The van der Waals surface area contributed by atoms with Gasteiger partial charge in [-0.15, -0.1) is 0 Å². The number of piperidine rings is 1. The number of aromatic amines is 1. The highest BCUT2D eigenvalue weighted by molar-refractivity contribution is 7.80.